The van der Waals surface area contributed by atoms with Crippen molar-refractivity contribution in [1.29, 1.82) is 0 Å². The van der Waals surface area contributed by atoms with Crippen molar-refractivity contribution < 1.29 is 0 Å². The molecule has 7 nitrogen and oxygen atoms in total. The van der Waals surface area contributed by atoms with Crippen molar-refractivity contribution in [1.82, 2.24) is 19.9 Å². The first-order valence-corrected chi connectivity index (χ1v) is 19.4. The van der Waals surface area contributed by atoms with Crippen LogP contribution in [0.5, 0.6) is 0 Å². The second-order valence-corrected chi connectivity index (χ2v) is 14.6. The van der Waals surface area contributed by atoms with Crippen LogP contribution in [-0.2, 0) is 0 Å². The van der Waals surface area contributed by atoms with Crippen molar-refractivity contribution in [3.05, 3.63) is 216 Å². The molecule has 0 saturated carbocycles. The van der Waals surface area contributed by atoms with Crippen molar-refractivity contribution in [2.45, 2.75) is 25.8 Å². The van der Waals surface area contributed by atoms with E-state index in [1.54, 1.807) is 0 Å². The standard InChI is InChI=1S/C51H41N7/c1-33-28-41-40-26-16-17-27-48(40)58(49(41)29-34(33)2)51-56-43(35(3)53-44(37-20-10-5-11-21-37)30-42(52)36-18-8-4-9-19-36)31-47(57-51)50-54-45(38-22-12-6-13-23-38)32-46(55-50)39-24-14-7-15-25-39/h4-32,40,48H,3,52H2,1-2H3/b42-30-,53-44+. The van der Waals surface area contributed by atoms with Crippen LogP contribution in [0.2, 0.25) is 0 Å². The summed E-state index contributed by atoms with van der Waals surface area (Å²) in [6.07, 6.45) is 10.6. The molecule has 0 fully saturated rings. The van der Waals surface area contributed by atoms with Gasteiger partial charge in [-0.05, 0) is 60.4 Å². The Kier molecular flexibility index (Phi) is 9.69. The molecule has 2 aliphatic rings. The van der Waals surface area contributed by atoms with Crippen LogP contribution in [0.25, 0.3) is 45.4 Å². The van der Waals surface area contributed by atoms with E-state index in [1.165, 1.54) is 16.7 Å². The highest BCUT2D eigenvalue weighted by molar-refractivity contribution is 6.13. The van der Waals surface area contributed by atoms with E-state index in [9.17, 15) is 0 Å². The third-order valence-corrected chi connectivity index (χ3v) is 10.7. The summed E-state index contributed by atoms with van der Waals surface area (Å²) in [6.45, 7) is 8.83. The number of aryl methyl sites for hydroxylation is 2. The van der Waals surface area contributed by atoms with Crippen molar-refractivity contribution in [2.24, 2.45) is 10.7 Å². The summed E-state index contributed by atoms with van der Waals surface area (Å²) in [6, 6.07) is 48.6. The zero-order chi connectivity index (χ0) is 39.6. The Morgan fingerprint density at radius 1 is 0.638 bits per heavy atom. The molecule has 2 aromatic heterocycles. The lowest BCUT2D eigenvalue weighted by atomic mass is 9.90. The maximum atomic E-state index is 6.70. The fourth-order valence-electron chi connectivity index (χ4n) is 7.56. The van der Waals surface area contributed by atoms with Crippen molar-refractivity contribution in [2.75, 3.05) is 4.90 Å². The van der Waals surface area contributed by atoms with Gasteiger partial charge >= 0.3 is 0 Å². The summed E-state index contributed by atoms with van der Waals surface area (Å²) in [7, 11) is 0. The molecule has 280 valence electrons. The van der Waals surface area contributed by atoms with Gasteiger partial charge in [-0.25, -0.2) is 24.9 Å². The average molecular weight is 752 g/mol. The summed E-state index contributed by atoms with van der Waals surface area (Å²) in [5.74, 6) is 1.11. The Hall–Kier alpha value is -7.51. The molecule has 2 atom stereocenters. The molecular weight excluding hydrogens is 711 g/mol. The molecule has 3 heterocycles. The summed E-state index contributed by atoms with van der Waals surface area (Å²) >= 11 is 0. The quantitative estimate of drug-likeness (QED) is 0.148. The lowest BCUT2D eigenvalue weighted by Gasteiger charge is -2.27. The molecule has 0 bridgehead atoms. The van der Waals surface area contributed by atoms with E-state index in [4.69, 9.17) is 30.7 Å². The number of aromatic nitrogens is 4. The van der Waals surface area contributed by atoms with E-state index in [0.29, 0.717) is 40.3 Å². The number of rotatable bonds is 9. The van der Waals surface area contributed by atoms with Crippen molar-refractivity contribution in [3.8, 4) is 34.0 Å². The Labute approximate surface area is 339 Å². The summed E-state index contributed by atoms with van der Waals surface area (Å²) < 4.78 is 0. The van der Waals surface area contributed by atoms with Gasteiger partial charge in [0.1, 0.15) is 5.69 Å². The maximum absolute atomic E-state index is 6.70. The largest absolute Gasteiger partial charge is 0.398 e. The molecule has 2 unspecified atom stereocenters. The van der Waals surface area contributed by atoms with Crippen LogP contribution < -0.4 is 10.6 Å². The Morgan fingerprint density at radius 2 is 1.21 bits per heavy atom. The summed E-state index contributed by atoms with van der Waals surface area (Å²) in [5, 5.41) is 0. The lowest BCUT2D eigenvalue weighted by Crippen LogP contribution is -2.30. The molecular formula is C51H41N7. The van der Waals surface area contributed by atoms with Gasteiger partial charge in [0.25, 0.3) is 0 Å². The predicted octanol–water partition coefficient (Wildman–Crippen LogP) is 11.1. The van der Waals surface area contributed by atoms with Gasteiger partial charge in [0, 0.05) is 34.0 Å². The Balaban J connectivity index is 1.26. The van der Waals surface area contributed by atoms with E-state index >= 15 is 0 Å². The highest BCUT2D eigenvalue weighted by Crippen LogP contribution is 2.48. The molecule has 7 heteroatoms. The molecule has 2 N–H and O–H groups in total. The van der Waals surface area contributed by atoms with Gasteiger partial charge in [-0.15, -0.1) is 0 Å². The first kappa shape index (κ1) is 36.1. The van der Waals surface area contributed by atoms with Crippen LogP contribution in [0.15, 0.2) is 188 Å². The zero-order valence-electron chi connectivity index (χ0n) is 32.4. The molecule has 9 rings (SSSR count). The second-order valence-electron chi connectivity index (χ2n) is 14.6. The van der Waals surface area contributed by atoms with Crippen LogP contribution in [0.3, 0.4) is 0 Å². The maximum Gasteiger partial charge on any atom is 0.231 e. The topological polar surface area (TPSA) is 93.2 Å². The van der Waals surface area contributed by atoms with Crippen LogP contribution in [0, 0.1) is 13.8 Å². The third-order valence-electron chi connectivity index (χ3n) is 10.7. The molecule has 1 aliphatic carbocycles. The number of hydrogen-bond acceptors (Lipinski definition) is 7. The number of nitrogens with zero attached hydrogens (tertiary/aromatic N) is 6. The van der Waals surface area contributed by atoms with E-state index in [-0.39, 0.29) is 12.0 Å². The smallest absolute Gasteiger partial charge is 0.231 e. The minimum atomic E-state index is -0.0361. The predicted molar refractivity (Wildman–Crippen MR) is 237 cm³/mol. The highest BCUT2D eigenvalue weighted by Gasteiger charge is 2.39. The van der Waals surface area contributed by atoms with Crippen LogP contribution in [0.4, 0.5) is 11.6 Å². The van der Waals surface area contributed by atoms with Crippen LogP contribution in [0.1, 0.15) is 39.4 Å². The van der Waals surface area contributed by atoms with Crippen molar-refractivity contribution in [3.63, 3.8) is 0 Å². The zero-order valence-corrected chi connectivity index (χ0v) is 32.4. The fourth-order valence-corrected chi connectivity index (χ4v) is 7.56. The fraction of sp³-hybridized carbons (Fsp3) is 0.0784. The van der Waals surface area contributed by atoms with E-state index in [1.807, 2.05) is 115 Å². The monoisotopic (exact) mass is 751 g/mol. The number of aliphatic imine (C=N–C) groups is 1. The van der Waals surface area contributed by atoms with Crippen molar-refractivity contribution >= 4 is 28.7 Å². The molecule has 0 amide bonds. The van der Waals surface area contributed by atoms with E-state index < -0.39 is 0 Å². The first-order valence-electron chi connectivity index (χ1n) is 19.4. The van der Waals surface area contributed by atoms with Crippen LogP contribution >= 0.6 is 0 Å². The number of fused-ring (bicyclic) bond motifs is 3. The summed E-state index contributed by atoms with van der Waals surface area (Å²) in [4.78, 5) is 28.3. The molecule has 5 aromatic carbocycles. The number of allylic oxidation sites excluding steroid dienone is 3. The molecule has 0 radical (unpaired) electrons. The minimum Gasteiger partial charge on any atom is -0.398 e. The van der Waals surface area contributed by atoms with Gasteiger partial charge < -0.3 is 10.6 Å². The number of benzene rings is 5. The van der Waals surface area contributed by atoms with Gasteiger partial charge in [-0.3, -0.25) is 0 Å². The molecule has 7 aromatic rings. The van der Waals surface area contributed by atoms with E-state index in [2.05, 4.69) is 86.0 Å². The number of hydrogen-bond donors (Lipinski definition) is 1. The average Bonchev–Trinajstić information content (AvgIpc) is 3.59. The van der Waals surface area contributed by atoms with Gasteiger partial charge in [0.05, 0.1) is 34.5 Å². The van der Waals surface area contributed by atoms with Gasteiger partial charge in [-0.1, -0.05) is 158 Å². The van der Waals surface area contributed by atoms with Gasteiger partial charge in [0.2, 0.25) is 5.95 Å². The number of anilines is 2. The molecule has 1 aliphatic heterocycles. The lowest BCUT2D eigenvalue weighted by molar-refractivity contribution is 0.729. The van der Waals surface area contributed by atoms with Gasteiger partial charge in [0.15, 0.2) is 5.82 Å². The first-order chi connectivity index (χ1) is 28.4. The van der Waals surface area contributed by atoms with Gasteiger partial charge in [-0.2, -0.15) is 0 Å². The number of nitrogens with two attached hydrogens (primary N) is 1. The molecule has 0 saturated heterocycles. The second kappa shape index (κ2) is 15.6. The van der Waals surface area contributed by atoms with Crippen LogP contribution in [-0.4, -0.2) is 31.7 Å². The molecule has 58 heavy (non-hydrogen) atoms. The third kappa shape index (κ3) is 7.17. The SMILES string of the molecule is C=C(/N=C(\C=C(/N)c1ccccc1)c1ccccc1)c1cc(-c2nc(-c3ccccc3)cc(-c3ccccc3)n2)nc(N2c3cc(C)c(C)cc3C3C=CC=CC32)n1. The minimum absolute atomic E-state index is 0.0361. The molecule has 0 spiro atoms. The Bertz CT molecular complexity index is 2710. The Morgan fingerprint density at radius 3 is 1.84 bits per heavy atom. The normalized spacial score (nSPS) is 15.9. The highest BCUT2D eigenvalue weighted by atomic mass is 15.3. The van der Waals surface area contributed by atoms with E-state index in [0.717, 1.165) is 39.3 Å². The summed E-state index contributed by atoms with van der Waals surface area (Å²) in [5.41, 5.74) is 19.5.